The van der Waals surface area contributed by atoms with Gasteiger partial charge in [0.15, 0.2) is 0 Å². The van der Waals surface area contributed by atoms with Gasteiger partial charge < -0.3 is 15.4 Å². The van der Waals surface area contributed by atoms with Crippen LogP contribution >= 0.6 is 11.6 Å². The van der Waals surface area contributed by atoms with Gasteiger partial charge in [0, 0.05) is 13.0 Å². The summed E-state index contributed by atoms with van der Waals surface area (Å²) in [5, 5.41) is 4.68. The maximum atomic E-state index is 14.1. The highest BCUT2D eigenvalue weighted by Crippen LogP contribution is 2.38. The number of nitrogens with one attached hydrogen (secondary N) is 2. The van der Waals surface area contributed by atoms with E-state index >= 15 is 0 Å². The van der Waals surface area contributed by atoms with Gasteiger partial charge in [-0.05, 0) is 24.6 Å². The monoisotopic (exact) mass is 541 g/mol. The predicted octanol–water partition coefficient (Wildman–Crippen LogP) is 5.57. The quantitative estimate of drug-likeness (QED) is 0.427. The molecule has 1 aliphatic rings. The van der Waals surface area contributed by atoms with Gasteiger partial charge in [-0.15, -0.1) is 0 Å². The Morgan fingerprint density at radius 3 is 2.47 bits per heavy atom. The van der Waals surface area contributed by atoms with Gasteiger partial charge in [-0.1, -0.05) is 17.7 Å². The molecule has 2 heterocycles. The molecule has 0 unspecified atom stereocenters. The van der Waals surface area contributed by atoms with E-state index in [0.29, 0.717) is 6.07 Å². The Morgan fingerprint density at radius 2 is 1.89 bits per heavy atom. The van der Waals surface area contributed by atoms with E-state index in [1.54, 1.807) is 0 Å². The maximum absolute atomic E-state index is 14.1. The largest absolute Gasteiger partial charge is 0.418 e. The van der Waals surface area contributed by atoms with Gasteiger partial charge in [0.25, 0.3) is 0 Å². The SMILES string of the molecule is O=C(CC(F)(F)F)C[C@@]1(C(=O)NCc2ncc(Nc3c(F)cccc3C(F)(F)F)cc2Cl)CCOC1. The van der Waals surface area contributed by atoms with E-state index in [0.717, 1.165) is 18.3 Å². The summed E-state index contributed by atoms with van der Waals surface area (Å²) < 4.78 is 96.4. The molecule has 3 rings (SSSR count). The fourth-order valence-electron chi connectivity index (χ4n) is 3.72. The van der Waals surface area contributed by atoms with Gasteiger partial charge in [0.1, 0.15) is 18.0 Å². The third-order valence-corrected chi connectivity index (χ3v) is 5.77. The van der Waals surface area contributed by atoms with Crippen LogP contribution in [0.5, 0.6) is 0 Å². The van der Waals surface area contributed by atoms with Crippen molar-refractivity contribution < 1.29 is 45.1 Å². The second-order valence-corrected chi connectivity index (χ2v) is 8.62. The van der Waals surface area contributed by atoms with Crippen LogP contribution in [0.1, 0.15) is 30.5 Å². The number of carbonyl (C=O) groups excluding carboxylic acids is 2. The van der Waals surface area contributed by atoms with Crippen molar-refractivity contribution in [3.63, 3.8) is 0 Å². The summed E-state index contributed by atoms with van der Waals surface area (Å²) in [5.74, 6) is -3.03. The minimum Gasteiger partial charge on any atom is -0.380 e. The maximum Gasteiger partial charge on any atom is 0.418 e. The third kappa shape index (κ3) is 6.84. The second kappa shape index (κ2) is 10.6. The molecule has 0 radical (unpaired) electrons. The molecule has 0 aliphatic carbocycles. The Bertz CT molecular complexity index is 1130. The lowest BCUT2D eigenvalue weighted by atomic mass is 9.80. The first kappa shape index (κ1) is 27.7. The summed E-state index contributed by atoms with van der Waals surface area (Å²) in [6, 6.07) is 3.63. The average molecular weight is 542 g/mol. The van der Waals surface area contributed by atoms with Crippen LogP contribution in [0.2, 0.25) is 5.02 Å². The van der Waals surface area contributed by atoms with Crippen LogP contribution in [0.3, 0.4) is 0 Å². The first-order valence-electron chi connectivity index (χ1n) is 10.4. The first-order valence-corrected chi connectivity index (χ1v) is 10.8. The molecule has 2 aromatic rings. The number of rotatable bonds is 8. The smallest absolute Gasteiger partial charge is 0.380 e. The molecule has 1 aromatic heterocycles. The molecule has 6 nitrogen and oxygen atoms in total. The lowest BCUT2D eigenvalue weighted by Gasteiger charge is -2.25. The number of ketones is 1. The summed E-state index contributed by atoms with van der Waals surface area (Å²) in [5.41, 5.74) is -3.52. The Morgan fingerprint density at radius 1 is 1.17 bits per heavy atom. The summed E-state index contributed by atoms with van der Waals surface area (Å²) in [6.45, 7) is -0.445. The highest BCUT2D eigenvalue weighted by atomic mass is 35.5. The molecule has 1 fully saturated rings. The topological polar surface area (TPSA) is 80.3 Å². The number of benzene rings is 1. The van der Waals surface area contributed by atoms with Crippen LogP contribution in [0, 0.1) is 11.2 Å². The van der Waals surface area contributed by atoms with Crippen molar-refractivity contribution in [2.45, 2.75) is 38.2 Å². The number of para-hydroxylation sites is 1. The minimum absolute atomic E-state index is 0.0383. The Labute approximate surface area is 205 Å². The summed E-state index contributed by atoms with van der Waals surface area (Å²) in [7, 11) is 0. The molecule has 0 bridgehead atoms. The number of hydrogen-bond acceptors (Lipinski definition) is 5. The summed E-state index contributed by atoms with van der Waals surface area (Å²) in [6.07, 6.45) is -10.7. The fourth-order valence-corrected chi connectivity index (χ4v) is 3.95. The number of anilines is 2. The van der Waals surface area contributed by atoms with E-state index in [9.17, 15) is 40.3 Å². The van der Waals surface area contributed by atoms with Gasteiger partial charge >= 0.3 is 12.4 Å². The van der Waals surface area contributed by atoms with Crippen molar-refractivity contribution in [3.8, 4) is 0 Å². The molecule has 196 valence electrons. The highest BCUT2D eigenvalue weighted by Gasteiger charge is 2.45. The van der Waals surface area contributed by atoms with Crippen molar-refractivity contribution in [1.82, 2.24) is 10.3 Å². The molecule has 1 aliphatic heterocycles. The number of alkyl halides is 6. The number of halogens is 8. The number of aromatic nitrogens is 1. The van der Waals surface area contributed by atoms with Gasteiger partial charge in [-0.3, -0.25) is 14.6 Å². The van der Waals surface area contributed by atoms with Crippen molar-refractivity contribution in [2.24, 2.45) is 5.41 Å². The fraction of sp³-hybridized carbons (Fsp3) is 0.409. The number of pyridine rings is 1. The van der Waals surface area contributed by atoms with Crippen LogP contribution in [-0.4, -0.2) is 36.1 Å². The molecule has 1 aromatic carbocycles. The summed E-state index contributed by atoms with van der Waals surface area (Å²) >= 11 is 6.13. The summed E-state index contributed by atoms with van der Waals surface area (Å²) in [4.78, 5) is 28.6. The van der Waals surface area contributed by atoms with Gasteiger partial charge in [-0.2, -0.15) is 26.3 Å². The van der Waals surface area contributed by atoms with Crippen LogP contribution in [-0.2, 0) is 27.0 Å². The van der Waals surface area contributed by atoms with Crippen LogP contribution in [0.25, 0.3) is 0 Å². The number of nitrogens with zero attached hydrogens (tertiary/aromatic N) is 1. The van der Waals surface area contributed by atoms with Crippen molar-refractivity contribution in [1.29, 1.82) is 0 Å². The van der Waals surface area contributed by atoms with E-state index in [1.807, 2.05) is 0 Å². The van der Waals surface area contributed by atoms with E-state index in [4.69, 9.17) is 16.3 Å². The van der Waals surface area contributed by atoms with Crippen LogP contribution < -0.4 is 10.6 Å². The zero-order valence-corrected chi connectivity index (χ0v) is 19.1. The van der Waals surface area contributed by atoms with Gasteiger partial charge in [-0.25, -0.2) is 4.39 Å². The number of hydrogen-bond donors (Lipinski definition) is 2. The van der Waals surface area contributed by atoms with Gasteiger partial charge in [0.05, 0.1) is 52.4 Å². The Kier molecular flexibility index (Phi) is 8.13. The molecule has 1 atom stereocenters. The number of carbonyl (C=O) groups is 2. The molecule has 1 amide bonds. The van der Waals surface area contributed by atoms with Crippen molar-refractivity contribution >= 4 is 34.7 Å². The second-order valence-electron chi connectivity index (χ2n) is 8.21. The van der Waals surface area contributed by atoms with E-state index < -0.39 is 59.4 Å². The van der Waals surface area contributed by atoms with E-state index in [1.165, 1.54) is 6.07 Å². The molecule has 2 N–H and O–H groups in total. The molecule has 36 heavy (non-hydrogen) atoms. The zero-order chi connectivity index (χ0) is 26.7. The third-order valence-electron chi connectivity index (χ3n) is 5.44. The molecule has 0 spiro atoms. The normalized spacial score (nSPS) is 18.2. The van der Waals surface area contributed by atoms with Crippen LogP contribution in [0.15, 0.2) is 30.5 Å². The van der Waals surface area contributed by atoms with E-state index in [2.05, 4.69) is 15.6 Å². The standard InChI is InChI=1S/C22H19ClF7N3O3/c23-15-6-12(33-18-14(22(28,29)30)2-1-3-16(18)24)9-31-17(15)10-32-19(35)20(4-5-36-11-20)7-13(34)8-21(25,26)27/h1-3,6,9,33H,4-5,7-8,10-11H2,(H,32,35)/t20-/m0/s1. The minimum atomic E-state index is -4.83. The lowest BCUT2D eigenvalue weighted by molar-refractivity contribution is -0.156. The number of Topliss-reactive ketones (excluding diaryl/α,β-unsaturated/α-hetero) is 1. The molecule has 1 saturated heterocycles. The van der Waals surface area contributed by atoms with Crippen molar-refractivity contribution in [3.05, 3.63) is 52.6 Å². The molecular weight excluding hydrogens is 523 g/mol. The van der Waals surface area contributed by atoms with Gasteiger partial charge in [0.2, 0.25) is 5.91 Å². The predicted molar refractivity (Wildman–Crippen MR) is 114 cm³/mol. The number of ether oxygens (including phenoxy) is 1. The Balaban J connectivity index is 1.70. The highest BCUT2D eigenvalue weighted by molar-refractivity contribution is 6.31. The number of amides is 1. The average Bonchev–Trinajstić information content (AvgIpc) is 3.21. The molecule has 14 heteroatoms. The Hall–Kier alpha value is -2.93. The van der Waals surface area contributed by atoms with Crippen LogP contribution in [0.4, 0.5) is 42.1 Å². The van der Waals surface area contributed by atoms with Crippen molar-refractivity contribution in [2.75, 3.05) is 18.5 Å². The molecule has 0 saturated carbocycles. The molecular formula is C22H19ClF7N3O3. The van der Waals surface area contributed by atoms with E-state index in [-0.39, 0.29) is 42.6 Å². The lowest BCUT2D eigenvalue weighted by Crippen LogP contribution is -2.43. The zero-order valence-electron chi connectivity index (χ0n) is 18.3. The first-order chi connectivity index (χ1) is 16.7.